The van der Waals surface area contributed by atoms with Crippen molar-refractivity contribution in [1.82, 2.24) is 4.90 Å². The molecule has 1 amide bonds. The summed E-state index contributed by atoms with van der Waals surface area (Å²) < 4.78 is 5.54. The van der Waals surface area contributed by atoms with Crippen molar-refractivity contribution in [2.75, 3.05) is 13.2 Å². The number of hydrogen-bond donors (Lipinski definition) is 1. The lowest BCUT2D eigenvalue weighted by atomic mass is 10.2. The lowest BCUT2D eigenvalue weighted by molar-refractivity contribution is -0.146. The Labute approximate surface area is 130 Å². The van der Waals surface area contributed by atoms with Crippen LogP contribution in [0.1, 0.15) is 31.7 Å². The number of aliphatic carboxylic acids is 1. The molecule has 1 fully saturated rings. The summed E-state index contributed by atoms with van der Waals surface area (Å²) >= 11 is 0. The number of likely N-dealkylation sites (tertiary alicyclic amines) is 1. The van der Waals surface area contributed by atoms with Crippen molar-refractivity contribution in [2.45, 2.75) is 32.2 Å². The van der Waals surface area contributed by atoms with Crippen LogP contribution >= 0.6 is 0 Å². The molecule has 5 heteroatoms. The summed E-state index contributed by atoms with van der Waals surface area (Å²) in [6, 6.07) is 6.77. The molecule has 0 aliphatic carbocycles. The monoisotopic (exact) mass is 303 g/mol. The summed E-state index contributed by atoms with van der Waals surface area (Å²) in [6.07, 6.45) is 5.31. The topological polar surface area (TPSA) is 66.8 Å². The van der Waals surface area contributed by atoms with Gasteiger partial charge in [-0.25, -0.2) is 4.79 Å². The number of ether oxygens (including phenoxy) is 1. The summed E-state index contributed by atoms with van der Waals surface area (Å²) in [7, 11) is 0. The Morgan fingerprint density at radius 3 is 3.00 bits per heavy atom. The Kier molecular flexibility index (Phi) is 5.58. The van der Waals surface area contributed by atoms with Crippen molar-refractivity contribution in [3.63, 3.8) is 0 Å². The Morgan fingerprint density at radius 2 is 2.27 bits per heavy atom. The fraction of sp³-hybridized carbons (Fsp3) is 0.412. The van der Waals surface area contributed by atoms with Gasteiger partial charge in [0.2, 0.25) is 5.91 Å². The van der Waals surface area contributed by atoms with Crippen LogP contribution < -0.4 is 4.74 Å². The third kappa shape index (κ3) is 4.10. The van der Waals surface area contributed by atoms with Gasteiger partial charge >= 0.3 is 5.97 Å². The number of amides is 1. The van der Waals surface area contributed by atoms with Crippen LogP contribution in [0.3, 0.4) is 0 Å². The predicted octanol–water partition coefficient (Wildman–Crippen LogP) is 2.56. The second kappa shape index (κ2) is 7.64. The third-order valence-electron chi connectivity index (χ3n) is 3.57. The van der Waals surface area contributed by atoms with Crippen LogP contribution in [-0.4, -0.2) is 41.1 Å². The fourth-order valence-corrected chi connectivity index (χ4v) is 2.48. The van der Waals surface area contributed by atoms with E-state index >= 15 is 0 Å². The molecular formula is C17H21NO4. The van der Waals surface area contributed by atoms with E-state index in [1.807, 2.05) is 31.2 Å². The molecule has 1 aromatic carbocycles. The van der Waals surface area contributed by atoms with Gasteiger partial charge in [-0.15, -0.1) is 0 Å². The molecule has 0 radical (unpaired) electrons. The highest BCUT2D eigenvalue weighted by atomic mass is 16.5. The van der Waals surface area contributed by atoms with Gasteiger partial charge in [0.05, 0.1) is 6.61 Å². The minimum Gasteiger partial charge on any atom is -0.494 e. The zero-order valence-corrected chi connectivity index (χ0v) is 12.7. The first kappa shape index (κ1) is 16.1. The molecule has 118 valence electrons. The molecule has 1 aliphatic rings. The highest BCUT2D eigenvalue weighted by molar-refractivity contribution is 5.94. The van der Waals surface area contributed by atoms with Crippen LogP contribution in [0.25, 0.3) is 6.08 Å². The number of carboxylic acid groups (broad SMARTS) is 1. The van der Waals surface area contributed by atoms with Crippen molar-refractivity contribution in [2.24, 2.45) is 0 Å². The summed E-state index contributed by atoms with van der Waals surface area (Å²) in [6.45, 7) is 3.19. The van der Waals surface area contributed by atoms with Crippen LogP contribution in [0.4, 0.5) is 0 Å². The summed E-state index contributed by atoms with van der Waals surface area (Å²) in [5, 5.41) is 9.10. The van der Waals surface area contributed by atoms with Crippen LogP contribution in [0.15, 0.2) is 30.3 Å². The van der Waals surface area contributed by atoms with Gasteiger partial charge in [-0.05, 0) is 43.0 Å². The molecule has 1 heterocycles. The zero-order valence-electron chi connectivity index (χ0n) is 12.7. The highest BCUT2D eigenvalue weighted by Gasteiger charge is 2.32. The summed E-state index contributed by atoms with van der Waals surface area (Å²) in [4.78, 5) is 24.6. The van der Waals surface area contributed by atoms with Crippen molar-refractivity contribution < 1.29 is 19.4 Å². The van der Waals surface area contributed by atoms with Gasteiger partial charge in [0.1, 0.15) is 11.8 Å². The molecule has 1 aliphatic heterocycles. The molecular weight excluding hydrogens is 282 g/mol. The molecule has 0 aromatic heterocycles. The van der Waals surface area contributed by atoms with Gasteiger partial charge in [-0.1, -0.05) is 19.1 Å². The van der Waals surface area contributed by atoms with Gasteiger partial charge in [0.25, 0.3) is 0 Å². The van der Waals surface area contributed by atoms with Crippen molar-refractivity contribution >= 4 is 18.0 Å². The maximum absolute atomic E-state index is 12.1. The SMILES string of the molecule is CCCOc1cccc(/C=C/C(=O)N2CCCC2C(=O)O)c1. The smallest absolute Gasteiger partial charge is 0.326 e. The van der Waals surface area contributed by atoms with E-state index in [1.165, 1.54) is 11.0 Å². The maximum atomic E-state index is 12.1. The normalized spacial score (nSPS) is 17.9. The van der Waals surface area contributed by atoms with Crippen molar-refractivity contribution in [3.05, 3.63) is 35.9 Å². The predicted molar refractivity (Wildman–Crippen MR) is 83.6 cm³/mol. The second-order valence-corrected chi connectivity index (χ2v) is 5.28. The van der Waals surface area contributed by atoms with Gasteiger partial charge in [-0.2, -0.15) is 0 Å². The molecule has 0 bridgehead atoms. The Hall–Kier alpha value is -2.30. The average molecular weight is 303 g/mol. The Bertz CT molecular complexity index is 568. The van der Waals surface area contributed by atoms with Crippen LogP contribution in [0.2, 0.25) is 0 Å². The van der Waals surface area contributed by atoms with Gasteiger partial charge in [0.15, 0.2) is 0 Å². The number of carbonyl (C=O) groups is 2. The molecule has 22 heavy (non-hydrogen) atoms. The first-order valence-electron chi connectivity index (χ1n) is 7.56. The van der Waals surface area contributed by atoms with E-state index in [1.54, 1.807) is 6.08 Å². The van der Waals surface area contributed by atoms with Crippen molar-refractivity contribution in [3.8, 4) is 5.75 Å². The van der Waals surface area contributed by atoms with E-state index in [2.05, 4.69) is 0 Å². The summed E-state index contributed by atoms with van der Waals surface area (Å²) in [5.74, 6) is -0.431. The number of carbonyl (C=O) groups excluding carboxylic acids is 1. The van der Waals surface area contributed by atoms with E-state index in [-0.39, 0.29) is 5.91 Å². The number of rotatable bonds is 6. The molecule has 1 atom stereocenters. The fourth-order valence-electron chi connectivity index (χ4n) is 2.48. The number of benzene rings is 1. The van der Waals surface area contributed by atoms with Crippen LogP contribution in [0.5, 0.6) is 5.75 Å². The van der Waals surface area contributed by atoms with Gasteiger partial charge in [-0.3, -0.25) is 4.79 Å². The molecule has 1 aromatic rings. The number of hydrogen-bond acceptors (Lipinski definition) is 3. The molecule has 2 rings (SSSR count). The van der Waals surface area contributed by atoms with Gasteiger partial charge < -0.3 is 14.7 Å². The minimum atomic E-state index is -0.936. The van der Waals surface area contributed by atoms with Crippen LogP contribution in [-0.2, 0) is 9.59 Å². The van der Waals surface area contributed by atoms with E-state index in [0.29, 0.717) is 19.6 Å². The minimum absolute atomic E-state index is 0.259. The molecule has 5 nitrogen and oxygen atoms in total. The standard InChI is InChI=1S/C17H21NO4/c1-2-11-22-14-6-3-5-13(12-14)8-9-16(19)18-10-4-7-15(18)17(20)21/h3,5-6,8-9,12,15H,2,4,7,10-11H2,1H3,(H,20,21)/b9-8+. The van der Waals surface area contributed by atoms with E-state index in [0.717, 1.165) is 24.2 Å². The maximum Gasteiger partial charge on any atom is 0.326 e. The molecule has 1 N–H and O–H groups in total. The molecule has 1 saturated heterocycles. The van der Waals surface area contributed by atoms with Crippen molar-refractivity contribution in [1.29, 1.82) is 0 Å². The number of nitrogens with zero attached hydrogens (tertiary/aromatic N) is 1. The number of carboxylic acids is 1. The van der Waals surface area contributed by atoms with E-state index in [4.69, 9.17) is 9.84 Å². The molecule has 0 spiro atoms. The average Bonchev–Trinajstić information content (AvgIpc) is 3.01. The molecule has 1 unspecified atom stereocenters. The van der Waals surface area contributed by atoms with Gasteiger partial charge in [0, 0.05) is 12.6 Å². The lowest BCUT2D eigenvalue weighted by Gasteiger charge is -2.19. The summed E-state index contributed by atoms with van der Waals surface area (Å²) in [5.41, 5.74) is 0.855. The first-order chi connectivity index (χ1) is 10.6. The van der Waals surface area contributed by atoms with E-state index in [9.17, 15) is 9.59 Å². The Morgan fingerprint density at radius 1 is 1.45 bits per heavy atom. The third-order valence-corrected chi connectivity index (χ3v) is 3.57. The van der Waals surface area contributed by atoms with Crippen LogP contribution in [0, 0.1) is 0 Å². The quantitative estimate of drug-likeness (QED) is 0.820. The van der Waals surface area contributed by atoms with E-state index < -0.39 is 12.0 Å². The lowest BCUT2D eigenvalue weighted by Crippen LogP contribution is -2.39. The molecule has 0 saturated carbocycles. The zero-order chi connectivity index (χ0) is 15.9. The first-order valence-corrected chi connectivity index (χ1v) is 7.56. The second-order valence-electron chi connectivity index (χ2n) is 5.28. The highest BCUT2D eigenvalue weighted by Crippen LogP contribution is 2.19. The Balaban J connectivity index is 2.01. The largest absolute Gasteiger partial charge is 0.494 e.